The second-order valence-electron chi connectivity index (χ2n) is 3.43. The monoisotopic (exact) mass is 245 g/mol. The van der Waals surface area contributed by atoms with E-state index in [9.17, 15) is 17.1 Å². The molecule has 2 rings (SSSR count). The lowest BCUT2D eigenvalue weighted by Gasteiger charge is -2.24. The minimum absolute atomic E-state index is 0.192. The number of carbonyl (C=O) groups excluding carboxylic acids is 1. The lowest BCUT2D eigenvalue weighted by molar-refractivity contribution is 0.150. The first-order valence-corrected chi connectivity index (χ1v) is 5.77. The molecule has 1 heterocycles. The Morgan fingerprint density at radius 2 is 2.12 bits per heavy atom. The summed E-state index contributed by atoms with van der Waals surface area (Å²) < 4.78 is 39.0. The van der Waals surface area contributed by atoms with E-state index in [2.05, 4.69) is 0 Å². The van der Waals surface area contributed by atoms with Gasteiger partial charge in [-0.15, -0.1) is 3.89 Å². The van der Waals surface area contributed by atoms with Crippen molar-refractivity contribution in [3.63, 3.8) is 0 Å². The number of fused-ring (bicyclic) bond motifs is 1. The summed E-state index contributed by atoms with van der Waals surface area (Å²) in [4.78, 5) is 12.0. The normalized spacial score (nSPS) is 15.6. The summed E-state index contributed by atoms with van der Waals surface area (Å²) >= 11 is 0. The van der Waals surface area contributed by atoms with Crippen molar-refractivity contribution in [2.24, 2.45) is 0 Å². The van der Waals surface area contributed by atoms with Crippen LogP contribution in [0.15, 0.2) is 23.1 Å². The number of benzene rings is 1. The Morgan fingerprint density at radius 3 is 2.75 bits per heavy atom. The fourth-order valence-electron chi connectivity index (χ4n) is 1.42. The van der Waals surface area contributed by atoms with Crippen LogP contribution in [0.2, 0.25) is 0 Å². The van der Waals surface area contributed by atoms with Gasteiger partial charge in [0.15, 0.2) is 0 Å². The fourth-order valence-corrected chi connectivity index (χ4v) is 1.94. The molecular weight excluding hydrogens is 237 g/mol. The van der Waals surface area contributed by atoms with Crippen molar-refractivity contribution in [1.29, 1.82) is 0 Å². The predicted octanol–water partition coefficient (Wildman–Crippen LogP) is 1.29. The molecule has 1 aromatic rings. The SMILES string of the molecule is CN1Cc2cc(S(=O)(=O)F)ccc2OC1=O. The van der Waals surface area contributed by atoms with Gasteiger partial charge in [0.25, 0.3) is 0 Å². The molecular formula is C9H8FNO4S. The zero-order valence-corrected chi connectivity index (χ0v) is 9.12. The Labute approximate surface area is 91.6 Å². The van der Waals surface area contributed by atoms with Crippen molar-refractivity contribution >= 4 is 16.3 Å². The van der Waals surface area contributed by atoms with Gasteiger partial charge < -0.3 is 9.64 Å². The summed E-state index contributed by atoms with van der Waals surface area (Å²) in [6.07, 6.45) is -0.525. The van der Waals surface area contributed by atoms with Gasteiger partial charge in [-0.25, -0.2) is 4.79 Å². The zero-order valence-electron chi connectivity index (χ0n) is 8.31. The van der Waals surface area contributed by atoms with Crippen LogP contribution in [0, 0.1) is 0 Å². The molecule has 1 amide bonds. The Kier molecular flexibility index (Phi) is 2.34. The van der Waals surface area contributed by atoms with Crippen molar-refractivity contribution in [2.45, 2.75) is 11.4 Å². The van der Waals surface area contributed by atoms with Gasteiger partial charge in [-0.2, -0.15) is 8.42 Å². The lowest BCUT2D eigenvalue weighted by Crippen LogP contribution is -2.33. The standard InChI is InChI=1S/C9H8FNO4S/c1-11-5-6-4-7(16(10,13)14)2-3-8(6)15-9(11)12/h2-4H,5H2,1H3. The molecule has 0 saturated carbocycles. The minimum Gasteiger partial charge on any atom is -0.410 e. The van der Waals surface area contributed by atoms with E-state index in [1.54, 1.807) is 0 Å². The van der Waals surface area contributed by atoms with Crippen LogP contribution in [0.5, 0.6) is 5.75 Å². The van der Waals surface area contributed by atoms with Crippen molar-refractivity contribution in [3.8, 4) is 5.75 Å². The molecule has 1 aliphatic rings. The number of nitrogens with zero attached hydrogens (tertiary/aromatic N) is 1. The lowest BCUT2D eigenvalue weighted by atomic mass is 10.2. The summed E-state index contributed by atoms with van der Waals surface area (Å²) in [6, 6.07) is 3.49. The maximum atomic E-state index is 12.7. The second-order valence-corrected chi connectivity index (χ2v) is 4.78. The van der Waals surface area contributed by atoms with Gasteiger partial charge in [-0.05, 0) is 18.2 Å². The molecule has 5 nitrogen and oxygen atoms in total. The average molecular weight is 245 g/mol. The van der Waals surface area contributed by atoms with Crippen molar-refractivity contribution < 1.29 is 21.8 Å². The molecule has 0 fully saturated rings. The molecule has 7 heteroatoms. The first-order valence-electron chi connectivity index (χ1n) is 4.38. The highest BCUT2D eigenvalue weighted by molar-refractivity contribution is 7.86. The molecule has 0 aromatic heterocycles. The molecule has 0 atom stereocenters. The van der Waals surface area contributed by atoms with Gasteiger partial charge >= 0.3 is 16.3 Å². The summed E-state index contributed by atoms with van der Waals surface area (Å²) in [5, 5.41) is 0. The van der Waals surface area contributed by atoms with Crippen LogP contribution < -0.4 is 4.74 Å². The Morgan fingerprint density at radius 1 is 1.44 bits per heavy atom. The van der Waals surface area contributed by atoms with E-state index in [0.717, 1.165) is 12.1 Å². The first kappa shape index (κ1) is 10.9. The van der Waals surface area contributed by atoms with E-state index in [1.807, 2.05) is 0 Å². The van der Waals surface area contributed by atoms with E-state index in [-0.39, 0.29) is 12.3 Å². The molecule has 86 valence electrons. The molecule has 0 radical (unpaired) electrons. The van der Waals surface area contributed by atoms with Crippen LogP contribution in [0.3, 0.4) is 0 Å². The Bertz CT molecular complexity index is 555. The van der Waals surface area contributed by atoms with E-state index in [0.29, 0.717) is 5.56 Å². The molecule has 1 aromatic carbocycles. The van der Waals surface area contributed by atoms with Gasteiger partial charge in [0.05, 0.1) is 11.4 Å². The number of hydrogen-bond acceptors (Lipinski definition) is 4. The molecule has 0 unspecified atom stereocenters. The average Bonchev–Trinajstić information content (AvgIpc) is 2.17. The zero-order chi connectivity index (χ0) is 11.9. The second kappa shape index (κ2) is 3.44. The molecule has 0 spiro atoms. The molecule has 0 bridgehead atoms. The Hall–Kier alpha value is -1.63. The maximum absolute atomic E-state index is 12.7. The third-order valence-corrected chi connectivity index (χ3v) is 3.05. The highest BCUT2D eigenvalue weighted by Gasteiger charge is 2.23. The van der Waals surface area contributed by atoms with E-state index in [1.165, 1.54) is 18.0 Å². The number of carbonyl (C=O) groups is 1. The molecule has 0 saturated heterocycles. The predicted molar refractivity (Wildman–Crippen MR) is 52.2 cm³/mol. The van der Waals surface area contributed by atoms with Gasteiger partial charge in [0, 0.05) is 12.6 Å². The summed E-state index contributed by atoms with van der Waals surface area (Å²) in [7, 11) is -3.22. The molecule has 0 N–H and O–H groups in total. The third kappa shape index (κ3) is 1.85. The quantitative estimate of drug-likeness (QED) is 0.699. The van der Waals surface area contributed by atoms with Crippen molar-refractivity contribution in [2.75, 3.05) is 7.05 Å². The highest BCUT2D eigenvalue weighted by atomic mass is 32.3. The Balaban J connectivity index is 2.48. The van der Waals surface area contributed by atoms with Crippen LogP contribution in [0.25, 0.3) is 0 Å². The van der Waals surface area contributed by atoms with Gasteiger partial charge in [0.2, 0.25) is 0 Å². The van der Waals surface area contributed by atoms with E-state index >= 15 is 0 Å². The maximum Gasteiger partial charge on any atom is 0.415 e. The van der Waals surface area contributed by atoms with Crippen molar-refractivity contribution in [3.05, 3.63) is 23.8 Å². The fraction of sp³-hybridized carbons (Fsp3) is 0.222. The molecule has 16 heavy (non-hydrogen) atoms. The molecule has 1 aliphatic heterocycles. The third-order valence-electron chi connectivity index (χ3n) is 2.23. The smallest absolute Gasteiger partial charge is 0.410 e. The van der Waals surface area contributed by atoms with Gasteiger partial charge in [-0.1, -0.05) is 0 Å². The number of amides is 1. The summed E-state index contributed by atoms with van der Waals surface area (Å²) in [5.74, 6) is 0.260. The number of hydrogen-bond donors (Lipinski definition) is 0. The first-order chi connectivity index (χ1) is 7.38. The summed E-state index contributed by atoms with van der Waals surface area (Å²) in [5.41, 5.74) is 0.459. The largest absolute Gasteiger partial charge is 0.415 e. The van der Waals surface area contributed by atoms with Gasteiger partial charge in [-0.3, -0.25) is 0 Å². The summed E-state index contributed by atoms with van der Waals surface area (Å²) in [6.45, 7) is 0.192. The topological polar surface area (TPSA) is 63.7 Å². The molecule has 0 aliphatic carbocycles. The van der Waals surface area contributed by atoms with E-state index < -0.39 is 21.2 Å². The van der Waals surface area contributed by atoms with Crippen molar-refractivity contribution in [1.82, 2.24) is 4.90 Å². The van der Waals surface area contributed by atoms with Crippen LogP contribution in [0.4, 0.5) is 8.68 Å². The highest BCUT2D eigenvalue weighted by Crippen LogP contribution is 2.28. The van der Waals surface area contributed by atoms with Crippen LogP contribution in [-0.2, 0) is 16.8 Å². The number of halogens is 1. The minimum atomic E-state index is -4.73. The van der Waals surface area contributed by atoms with Crippen LogP contribution >= 0.6 is 0 Å². The number of ether oxygens (including phenoxy) is 1. The van der Waals surface area contributed by atoms with Crippen LogP contribution in [-0.4, -0.2) is 26.5 Å². The van der Waals surface area contributed by atoms with Gasteiger partial charge in [0.1, 0.15) is 5.75 Å². The van der Waals surface area contributed by atoms with Crippen LogP contribution in [0.1, 0.15) is 5.56 Å². The van der Waals surface area contributed by atoms with E-state index in [4.69, 9.17) is 4.74 Å². The number of rotatable bonds is 1.